The number of benzene rings is 2. The summed E-state index contributed by atoms with van der Waals surface area (Å²) in [5, 5.41) is 3.06. The molecule has 8 nitrogen and oxygen atoms in total. The van der Waals surface area contributed by atoms with Gasteiger partial charge in [-0.2, -0.15) is 4.31 Å². The van der Waals surface area contributed by atoms with E-state index in [2.05, 4.69) is 5.32 Å². The summed E-state index contributed by atoms with van der Waals surface area (Å²) >= 11 is 0. The number of likely N-dealkylation sites (tertiary alicyclic amines) is 1. The summed E-state index contributed by atoms with van der Waals surface area (Å²) in [5.41, 5.74) is 3.86. The Morgan fingerprint density at radius 3 is 2.18 bits per heavy atom. The Bertz CT molecular complexity index is 1190. The average Bonchev–Trinajstić information content (AvgIpc) is 2.89. The fourth-order valence-corrected chi connectivity index (χ4v) is 6.70. The second kappa shape index (κ2) is 13.9. The van der Waals surface area contributed by atoms with Crippen molar-refractivity contribution in [3.63, 3.8) is 0 Å². The molecule has 1 N–H and O–H groups in total. The summed E-state index contributed by atoms with van der Waals surface area (Å²) in [7, 11) is -3.53. The van der Waals surface area contributed by atoms with Crippen molar-refractivity contribution in [2.24, 2.45) is 5.92 Å². The van der Waals surface area contributed by atoms with Gasteiger partial charge in [0.05, 0.1) is 12.3 Å². The molecule has 2 aromatic carbocycles. The van der Waals surface area contributed by atoms with E-state index in [-0.39, 0.29) is 36.2 Å². The van der Waals surface area contributed by atoms with Crippen LogP contribution < -0.4 is 5.32 Å². The van der Waals surface area contributed by atoms with Crippen LogP contribution in [0.4, 0.5) is 10.5 Å². The first-order valence-corrected chi connectivity index (χ1v) is 15.6. The maximum atomic E-state index is 13.7. The number of piperidine rings is 1. The van der Waals surface area contributed by atoms with Crippen molar-refractivity contribution in [3.8, 4) is 0 Å². The fraction of sp³-hybridized carbons (Fsp3) is 0.533. The van der Waals surface area contributed by atoms with E-state index >= 15 is 0 Å². The smallest absolute Gasteiger partial charge is 0.321 e. The molecule has 1 fully saturated rings. The molecule has 3 amide bonds. The number of hydrogen-bond acceptors (Lipinski definition) is 4. The van der Waals surface area contributed by atoms with Gasteiger partial charge in [-0.05, 0) is 55.7 Å². The molecule has 0 saturated carbocycles. The summed E-state index contributed by atoms with van der Waals surface area (Å²) in [5.74, 6) is -0.0669. The van der Waals surface area contributed by atoms with E-state index in [1.54, 1.807) is 4.90 Å². The van der Waals surface area contributed by atoms with Gasteiger partial charge in [0.25, 0.3) is 0 Å². The number of aryl methyl sites for hydroxylation is 2. The summed E-state index contributed by atoms with van der Waals surface area (Å²) in [6.45, 7) is 11.3. The standard InChI is InChI=1S/C30H44N4O4S/c1-6-19-39(37,38)33(20-23(2)3)22-28(35)34(21-26-13-8-7-9-14-26)27-15-17-32(18-16-27)30(36)31-29-24(4)11-10-12-25(29)5/h7-14,23,27H,6,15-22H2,1-5H3,(H,31,36). The summed E-state index contributed by atoms with van der Waals surface area (Å²) in [4.78, 5) is 30.4. The number of nitrogens with zero attached hydrogens (tertiary/aromatic N) is 3. The highest BCUT2D eigenvalue weighted by Gasteiger charge is 2.33. The number of hydrogen-bond donors (Lipinski definition) is 1. The van der Waals surface area contributed by atoms with Crippen LogP contribution in [-0.4, -0.2) is 72.4 Å². The van der Waals surface area contributed by atoms with Crippen molar-refractivity contribution in [1.29, 1.82) is 0 Å². The molecular formula is C30H44N4O4S. The van der Waals surface area contributed by atoms with E-state index in [9.17, 15) is 18.0 Å². The minimum Gasteiger partial charge on any atom is -0.334 e. The molecule has 0 radical (unpaired) electrons. The predicted octanol–water partition coefficient (Wildman–Crippen LogP) is 5.03. The lowest BCUT2D eigenvalue weighted by atomic mass is 10.0. The summed E-state index contributed by atoms with van der Waals surface area (Å²) in [6, 6.07) is 15.5. The van der Waals surface area contributed by atoms with Crippen LogP contribution in [-0.2, 0) is 21.4 Å². The summed E-state index contributed by atoms with van der Waals surface area (Å²) < 4.78 is 27.3. The number of urea groups is 1. The van der Waals surface area contributed by atoms with Gasteiger partial charge in [0, 0.05) is 37.9 Å². The van der Waals surface area contributed by atoms with Crippen LogP contribution >= 0.6 is 0 Å². The maximum absolute atomic E-state index is 13.7. The van der Waals surface area contributed by atoms with Crippen molar-refractivity contribution in [2.75, 3.05) is 37.2 Å². The SMILES string of the molecule is CCCS(=O)(=O)N(CC(=O)N(Cc1ccccc1)C1CCN(C(=O)Nc2c(C)cccc2C)CC1)CC(C)C. The highest BCUT2D eigenvalue weighted by Crippen LogP contribution is 2.24. The van der Waals surface area contributed by atoms with Crippen molar-refractivity contribution in [1.82, 2.24) is 14.1 Å². The lowest BCUT2D eigenvalue weighted by molar-refractivity contribution is -0.135. The van der Waals surface area contributed by atoms with Crippen LogP contribution in [0.15, 0.2) is 48.5 Å². The van der Waals surface area contributed by atoms with Gasteiger partial charge in [0.1, 0.15) is 0 Å². The van der Waals surface area contributed by atoms with Crippen molar-refractivity contribution in [3.05, 3.63) is 65.2 Å². The third-order valence-corrected chi connectivity index (χ3v) is 9.15. The monoisotopic (exact) mass is 556 g/mol. The number of sulfonamides is 1. The molecule has 0 atom stereocenters. The Labute approximate surface area is 234 Å². The molecule has 0 unspecified atom stereocenters. The van der Waals surface area contributed by atoms with E-state index in [0.29, 0.717) is 45.4 Å². The van der Waals surface area contributed by atoms with Gasteiger partial charge in [-0.25, -0.2) is 13.2 Å². The van der Waals surface area contributed by atoms with Crippen LogP contribution in [0.1, 0.15) is 56.7 Å². The quantitative estimate of drug-likeness (QED) is 0.421. The number of nitrogens with one attached hydrogen (secondary N) is 1. The zero-order valence-corrected chi connectivity index (χ0v) is 24.8. The minimum absolute atomic E-state index is 0.0273. The van der Waals surface area contributed by atoms with E-state index < -0.39 is 10.0 Å². The van der Waals surface area contributed by atoms with Gasteiger partial charge in [-0.15, -0.1) is 0 Å². The maximum Gasteiger partial charge on any atom is 0.321 e. The molecule has 0 aromatic heterocycles. The number of amides is 3. The van der Waals surface area contributed by atoms with Crippen LogP contribution in [0, 0.1) is 19.8 Å². The molecular weight excluding hydrogens is 512 g/mol. The third-order valence-electron chi connectivity index (χ3n) is 7.16. The van der Waals surface area contributed by atoms with Gasteiger partial charge in [0.2, 0.25) is 15.9 Å². The fourth-order valence-electron chi connectivity index (χ4n) is 5.09. The van der Waals surface area contributed by atoms with Crippen molar-refractivity contribution >= 4 is 27.6 Å². The molecule has 9 heteroatoms. The number of carbonyl (C=O) groups is 2. The van der Waals surface area contributed by atoms with Crippen LogP contribution in [0.3, 0.4) is 0 Å². The third kappa shape index (κ3) is 8.54. The number of para-hydroxylation sites is 1. The molecule has 0 bridgehead atoms. The minimum atomic E-state index is -3.53. The number of rotatable bonds is 11. The lowest BCUT2D eigenvalue weighted by Crippen LogP contribution is -2.52. The second-order valence-electron chi connectivity index (χ2n) is 10.9. The Hall–Kier alpha value is -2.91. The van der Waals surface area contributed by atoms with Gasteiger partial charge in [-0.3, -0.25) is 4.79 Å². The first-order chi connectivity index (χ1) is 18.5. The molecule has 0 aliphatic carbocycles. The number of carbonyl (C=O) groups excluding carboxylic acids is 2. The molecule has 3 rings (SSSR count). The molecule has 39 heavy (non-hydrogen) atoms. The van der Waals surface area contributed by atoms with E-state index in [1.165, 1.54) is 4.31 Å². The van der Waals surface area contributed by atoms with Gasteiger partial charge in [0.15, 0.2) is 0 Å². The van der Waals surface area contributed by atoms with Crippen molar-refractivity contribution in [2.45, 2.75) is 66.5 Å². The molecule has 0 spiro atoms. The molecule has 214 valence electrons. The van der Waals surface area contributed by atoms with Gasteiger partial charge >= 0.3 is 6.03 Å². The predicted molar refractivity (Wildman–Crippen MR) is 157 cm³/mol. The van der Waals surface area contributed by atoms with E-state index in [0.717, 1.165) is 22.4 Å². The van der Waals surface area contributed by atoms with Crippen LogP contribution in [0.25, 0.3) is 0 Å². The lowest BCUT2D eigenvalue weighted by Gasteiger charge is -2.39. The first kappa shape index (κ1) is 30.6. The van der Waals surface area contributed by atoms with Gasteiger partial charge in [-0.1, -0.05) is 69.3 Å². The normalized spacial score (nSPS) is 14.6. The Morgan fingerprint density at radius 2 is 1.62 bits per heavy atom. The molecule has 2 aromatic rings. The Balaban J connectivity index is 1.74. The molecule has 1 heterocycles. The highest BCUT2D eigenvalue weighted by molar-refractivity contribution is 7.89. The largest absolute Gasteiger partial charge is 0.334 e. The van der Waals surface area contributed by atoms with E-state index in [1.807, 2.05) is 88.0 Å². The zero-order chi connectivity index (χ0) is 28.6. The van der Waals surface area contributed by atoms with Crippen LogP contribution in [0.2, 0.25) is 0 Å². The second-order valence-corrected chi connectivity index (χ2v) is 13.0. The topological polar surface area (TPSA) is 90.0 Å². The zero-order valence-electron chi connectivity index (χ0n) is 24.0. The molecule has 1 saturated heterocycles. The summed E-state index contributed by atoms with van der Waals surface area (Å²) in [6.07, 6.45) is 1.76. The molecule has 1 aliphatic rings. The Morgan fingerprint density at radius 1 is 1.00 bits per heavy atom. The van der Waals surface area contributed by atoms with Crippen LogP contribution in [0.5, 0.6) is 0 Å². The Kier molecular flexibility index (Phi) is 10.9. The number of anilines is 1. The molecule has 1 aliphatic heterocycles. The van der Waals surface area contributed by atoms with Crippen molar-refractivity contribution < 1.29 is 18.0 Å². The van der Waals surface area contributed by atoms with Gasteiger partial charge < -0.3 is 15.1 Å². The highest BCUT2D eigenvalue weighted by atomic mass is 32.2. The van der Waals surface area contributed by atoms with E-state index in [4.69, 9.17) is 0 Å². The average molecular weight is 557 g/mol. The first-order valence-electron chi connectivity index (χ1n) is 13.9.